The molecular formula is C5H10ClNO. The van der Waals surface area contributed by atoms with Gasteiger partial charge >= 0.3 is 0 Å². The van der Waals surface area contributed by atoms with Gasteiger partial charge < -0.3 is 5.73 Å². The van der Waals surface area contributed by atoms with Crippen LogP contribution in [0, 0.1) is 5.92 Å². The fraction of sp³-hybridized carbons (Fsp3) is 0.800. The zero-order valence-electron chi connectivity index (χ0n) is 4.59. The first kappa shape index (κ1) is 7.92. The molecule has 0 aliphatic heterocycles. The molecule has 2 nitrogen and oxygen atoms in total. The normalized spacial score (nSPS) is 17.1. The van der Waals surface area contributed by atoms with Crippen LogP contribution in [0.1, 0.15) is 12.8 Å². The molecular weight excluding hydrogens is 126 g/mol. The predicted molar refractivity (Wildman–Crippen MR) is 34.0 cm³/mol. The summed E-state index contributed by atoms with van der Waals surface area (Å²) in [7, 11) is 0. The van der Waals surface area contributed by atoms with Crippen molar-refractivity contribution in [2.45, 2.75) is 12.8 Å². The first-order chi connectivity index (χ1) is 3.34. The van der Waals surface area contributed by atoms with Crippen molar-refractivity contribution in [3.63, 3.8) is 0 Å². The Hall–Kier alpha value is -0.0800. The lowest BCUT2D eigenvalue weighted by Gasteiger charge is -1.85. The summed E-state index contributed by atoms with van der Waals surface area (Å²) < 4.78 is 0. The Balaban J connectivity index is 0.000000490. The molecule has 0 aromatic rings. The van der Waals surface area contributed by atoms with E-state index in [9.17, 15) is 4.79 Å². The zero-order valence-corrected chi connectivity index (χ0v) is 5.41. The summed E-state index contributed by atoms with van der Waals surface area (Å²) in [5, 5.41) is 0. The van der Waals surface area contributed by atoms with Gasteiger partial charge in [-0.05, 0) is 12.8 Å². The van der Waals surface area contributed by atoms with Crippen molar-refractivity contribution < 1.29 is 4.79 Å². The summed E-state index contributed by atoms with van der Waals surface area (Å²) in [6.07, 6.45) is 2.16. The van der Waals surface area contributed by atoms with E-state index < -0.39 is 0 Å². The molecule has 0 spiro atoms. The molecule has 0 heterocycles. The summed E-state index contributed by atoms with van der Waals surface area (Å²) >= 11 is 0. The van der Waals surface area contributed by atoms with Crippen LogP contribution in [0.3, 0.4) is 0 Å². The van der Waals surface area contributed by atoms with Gasteiger partial charge in [0.15, 0.2) is 0 Å². The molecule has 3 heteroatoms. The minimum Gasteiger partial charge on any atom is -0.324 e. The highest BCUT2D eigenvalue weighted by atomic mass is 35.5. The van der Waals surface area contributed by atoms with Crippen LogP contribution in [0.15, 0.2) is 0 Å². The number of hydrogen-bond donors (Lipinski definition) is 1. The number of nitrogens with two attached hydrogens (primary N) is 1. The van der Waals surface area contributed by atoms with E-state index in [2.05, 4.69) is 0 Å². The van der Waals surface area contributed by atoms with Gasteiger partial charge in [-0.1, -0.05) is 0 Å². The Morgan fingerprint density at radius 2 is 2.12 bits per heavy atom. The highest BCUT2D eigenvalue weighted by Gasteiger charge is 2.27. The molecule has 1 aliphatic rings. The van der Waals surface area contributed by atoms with Gasteiger partial charge in [0.1, 0.15) is 5.78 Å². The quantitative estimate of drug-likeness (QED) is 0.594. The standard InChI is InChI=1S/C5H9NO.ClH/c6-3-5(7)4-1-2-4;/h4H,1-3,6H2;1H. The number of halogens is 1. The molecule has 48 valence electrons. The van der Waals surface area contributed by atoms with Gasteiger partial charge in [0.25, 0.3) is 0 Å². The third kappa shape index (κ3) is 1.80. The summed E-state index contributed by atoms with van der Waals surface area (Å²) in [5.41, 5.74) is 5.06. The van der Waals surface area contributed by atoms with E-state index in [0.717, 1.165) is 12.8 Å². The molecule has 8 heavy (non-hydrogen) atoms. The highest BCUT2D eigenvalue weighted by molar-refractivity contribution is 5.85. The Labute approximate surface area is 54.8 Å². The molecule has 0 saturated heterocycles. The van der Waals surface area contributed by atoms with Gasteiger partial charge in [-0.25, -0.2) is 0 Å². The van der Waals surface area contributed by atoms with Crippen molar-refractivity contribution >= 4 is 18.2 Å². The monoisotopic (exact) mass is 135 g/mol. The maximum atomic E-state index is 10.4. The van der Waals surface area contributed by atoms with Crippen molar-refractivity contribution in [1.29, 1.82) is 0 Å². The molecule has 2 N–H and O–H groups in total. The summed E-state index contributed by atoms with van der Waals surface area (Å²) in [6, 6.07) is 0. The largest absolute Gasteiger partial charge is 0.324 e. The van der Waals surface area contributed by atoms with E-state index in [1.54, 1.807) is 0 Å². The fourth-order valence-corrected chi connectivity index (χ4v) is 0.572. The molecule has 0 unspecified atom stereocenters. The van der Waals surface area contributed by atoms with E-state index in [4.69, 9.17) is 5.73 Å². The molecule has 0 bridgehead atoms. The van der Waals surface area contributed by atoms with Crippen LogP contribution in [0.5, 0.6) is 0 Å². The molecule has 0 aromatic heterocycles. The van der Waals surface area contributed by atoms with Crippen LogP contribution in [0.25, 0.3) is 0 Å². The second kappa shape index (κ2) is 3.05. The Kier molecular flexibility index (Phi) is 3.02. The number of hydrogen-bond acceptors (Lipinski definition) is 2. The Morgan fingerprint density at radius 1 is 1.62 bits per heavy atom. The topological polar surface area (TPSA) is 43.1 Å². The maximum absolute atomic E-state index is 10.4. The van der Waals surface area contributed by atoms with Crippen LogP contribution >= 0.6 is 12.4 Å². The minimum absolute atomic E-state index is 0. The van der Waals surface area contributed by atoms with Crippen molar-refractivity contribution in [2.75, 3.05) is 6.54 Å². The zero-order chi connectivity index (χ0) is 5.28. The van der Waals surface area contributed by atoms with Crippen LogP contribution in [0.4, 0.5) is 0 Å². The lowest BCUT2D eigenvalue weighted by molar-refractivity contribution is -0.118. The van der Waals surface area contributed by atoms with Crippen molar-refractivity contribution in [3.05, 3.63) is 0 Å². The summed E-state index contributed by atoms with van der Waals surface area (Å²) in [4.78, 5) is 10.4. The van der Waals surface area contributed by atoms with Gasteiger partial charge in [0.2, 0.25) is 0 Å². The molecule has 1 fully saturated rings. The van der Waals surface area contributed by atoms with Crippen LogP contribution in [-0.2, 0) is 4.79 Å². The number of rotatable bonds is 2. The third-order valence-corrected chi connectivity index (χ3v) is 1.23. The van der Waals surface area contributed by atoms with Crippen LogP contribution < -0.4 is 5.73 Å². The number of carbonyl (C=O) groups excluding carboxylic acids is 1. The molecule has 0 radical (unpaired) electrons. The van der Waals surface area contributed by atoms with Crippen molar-refractivity contribution in [2.24, 2.45) is 11.7 Å². The van der Waals surface area contributed by atoms with E-state index in [0.29, 0.717) is 5.92 Å². The average Bonchev–Trinajstić information content (AvgIpc) is 2.44. The maximum Gasteiger partial charge on any atom is 0.149 e. The Morgan fingerprint density at radius 3 is 2.25 bits per heavy atom. The molecule has 0 amide bonds. The second-order valence-electron chi connectivity index (χ2n) is 1.94. The molecule has 1 aliphatic carbocycles. The smallest absolute Gasteiger partial charge is 0.149 e. The van der Waals surface area contributed by atoms with Gasteiger partial charge in [0, 0.05) is 5.92 Å². The molecule has 0 atom stereocenters. The van der Waals surface area contributed by atoms with Gasteiger partial charge in [-0.15, -0.1) is 12.4 Å². The minimum atomic E-state index is 0. The van der Waals surface area contributed by atoms with E-state index in [-0.39, 0.29) is 24.7 Å². The predicted octanol–water partition coefficient (Wildman–Crippen LogP) is 0.346. The van der Waals surface area contributed by atoms with Crippen LogP contribution in [0.2, 0.25) is 0 Å². The average molecular weight is 136 g/mol. The molecule has 0 aromatic carbocycles. The second-order valence-corrected chi connectivity index (χ2v) is 1.94. The number of Topliss-reactive ketones (excluding diaryl/α,β-unsaturated/α-hetero) is 1. The number of carbonyl (C=O) groups is 1. The molecule has 1 saturated carbocycles. The highest BCUT2D eigenvalue weighted by Crippen LogP contribution is 2.28. The SMILES string of the molecule is Cl.NCC(=O)C1CC1. The molecule has 1 rings (SSSR count). The van der Waals surface area contributed by atoms with E-state index in [1.807, 2.05) is 0 Å². The van der Waals surface area contributed by atoms with E-state index >= 15 is 0 Å². The van der Waals surface area contributed by atoms with E-state index in [1.165, 1.54) is 0 Å². The first-order valence-corrected chi connectivity index (χ1v) is 2.57. The van der Waals surface area contributed by atoms with Crippen molar-refractivity contribution in [1.82, 2.24) is 0 Å². The lowest BCUT2D eigenvalue weighted by Crippen LogP contribution is -2.14. The Bertz CT molecular complexity index is 90.4. The van der Waals surface area contributed by atoms with Gasteiger partial charge in [-0.2, -0.15) is 0 Å². The van der Waals surface area contributed by atoms with Crippen LogP contribution in [-0.4, -0.2) is 12.3 Å². The summed E-state index contributed by atoms with van der Waals surface area (Å²) in [5.74, 6) is 0.588. The third-order valence-electron chi connectivity index (χ3n) is 1.23. The lowest BCUT2D eigenvalue weighted by atomic mass is 10.3. The van der Waals surface area contributed by atoms with Gasteiger partial charge in [0.05, 0.1) is 6.54 Å². The number of ketones is 1. The first-order valence-electron chi connectivity index (χ1n) is 2.57. The fourth-order valence-electron chi connectivity index (χ4n) is 0.572. The summed E-state index contributed by atoms with van der Waals surface area (Å²) in [6.45, 7) is 0.241. The van der Waals surface area contributed by atoms with Gasteiger partial charge in [-0.3, -0.25) is 4.79 Å². The van der Waals surface area contributed by atoms with Crippen molar-refractivity contribution in [3.8, 4) is 0 Å².